The van der Waals surface area contributed by atoms with E-state index in [2.05, 4.69) is 29.3 Å². The van der Waals surface area contributed by atoms with Crippen molar-refractivity contribution in [2.45, 2.75) is 39.2 Å². The summed E-state index contributed by atoms with van der Waals surface area (Å²) in [5.74, 6) is 2.84. The van der Waals surface area contributed by atoms with Gasteiger partial charge in [-0.15, -0.1) is 0 Å². The first-order valence-corrected chi connectivity index (χ1v) is 7.21. The molecule has 2 rings (SSSR count). The average molecular weight is 250 g/mol. The van der Waals surface area contributed by atoms with Crippen LogP contribution in [0.25, 0.3) is 0 Å². The molecule has 0 spiro atoms. The van der Waals surface area contributed by atoms with Gasteiger partial charge in [-0.25, -0.2) is 0 Å². The van der Waals surface area contributed by atoms with Crippen molar-refractivity contribution in [3.63, 3.8) is 0 Å². The van der Waals surface area contributed by atoms with Crippen molar-refractivity contribution in [2.75, 3.05) is 26.7 Å². The maximum absolute atomic E-state index is 5.91. The van der Waals surface area contributed by atoms with E-state index >= 15 is 0 Å². The standard InChI is InChI=1S/C15H26N2O/c1-4-9-17-10-5-6-13(11-16-3)15(17)14-8-7-12(2)18-14/h7-8,13,15-16H,4-6,9-11H2,1-3H3. The quantitative estimate of drug-likeness (QED) is 0.871. The molecule has 2 unspecified atom stereocenters. The van der Waals surface area contributed by atoms with Gasteiger partial charge in [0, 0.05) is 0 Å². The SMILES string of the molecule is CCCN1CCCC(CNC)C1c1ccc(C)o1. The first-order chi connectivity index (χ1) is 8.76. The number of hydrogen-bond acceptors (Lipinski definition) is 3. The van der Waals surface area contributed by atoms with Gasteiger partial charge in [0.15, 0.2) is 0 Å². The predicted octanol–water partition coefficient (Wildman–Crippen LogP) is 2.97. The molecule has 0 radical (unpaired) electrons. The van der Waals surface area contributed by atoms with Crippen LogP contribution in [0.2, 0.25) is 0 Å². The summed E-state index contributed by atoms with van der Waals surface area (Å²) in [7, 11) is 2.04. The zero-order chi connectivity index (χ0) is 13.0. The van der Waals surface area contributed by atoms with Crippen LogP contribution in [0.3, 0.4) is 0 Å². The normalized spacial score (nSPS) is 25.5. The lowest BCUT2D eigenvalue weighted by Crippen LogP contribution is -2.42. The van der Waals surface area contributed by atoms with Gasteiger partial charge in [0.05, 0.1) is 6.04 Å². The highest BCUT2D eigenvalue weighted by atomic mass is 16.3. The van der Waals surface area contributed by atoms with Crippen LogP contribution < -0.4 is 5.32 Å². The monoisotopic (exact) mass is 250 g/mol. The molecular weight excluding hydrogens is 224 g/mol. The molecular formula is C15H26N2O. The summed E-state index contributed by atoms with van der Waals surface area (Å²) in [5.41, 5.74) is 0. The van der Waals surface area contributed by atoms with Crippen molar-refractivity contribution < 1.29 is 4.42 Å². The second-order valence-corrected chi connectivity index (χ2v) is 5.39. The number of likely N-dealkylation sites (tertiary alicyclic amines) is 1. The van der Waals surface area contributed by atoms with Gasteiger partial charge in [0.1, 0.15) is 11.5 Å². The third-order valence-electron chi connectivity index (χ3n) is 3.89. The van der Waals surface area contributed by atoms with Crippen LogP contribution >= 0.6 is 0 Å². The summed E-state index contributed by atoms with van der Waals surface area (Å²) < 4.78 is 5.91. The lowest BCUT2D eigenvalue weighted by atomic mass is 9.87. The van der Waals surface area contributed by atoms with Crippen molar-refractivity contribution in [1.29, 1.82) is 0 Å². The van der Waals surface area contributed by atoms with E-state index in [1.54, 1.807) is 0 Å². The number of aryl methyl sites for hydroxylation is 1. The molecule has 2 heterocycles. The molecule has 1 aliphatic heterocycles. The maximum Gasteiger partial charge on any atom is 0.121 e. The first kappa shape index (κ1) is 13.6. The van der Waals surface area contributed by atoms with Crippen LogP contribution in [0, 0.1) is 12.8 Å². The Morgan fingerprint density at radius 1 is 1.44 bits per heavy atom. The van der Waals surface area contributed by atoms with E-state index in [4.69, 9.17) is 4.42 Å². The number of nitrogens with one attached hydrogen (secondary N) is 1. The molecule has 18 heavy (non-hydrogen) atoms. The number of piperidine rings is 1. The Morgan fingerprint density at radius 2 is 2.28 bits per heavy atom. The minimum atomic E-state index is 0.458. The molecule has 102 valence electrons. The fourth-order valence-electron chi connectivity index (χ4n) is 3.19. The van der Waals surface area contributed by atoms with E-state index < -0.39 is 0 Å². The largest absolute Gasteiger partial charge is 0.465 e. The third kappa shape index (κ3) is 2.96. The molecule has 1 aromatic heterocycles. The van der Waals surface area contributed by atoms with Gasteiger partial charge in [0.25, 0.3) is 0 Å². The first-order valence-electron chi connectivity index (χ1n) is 7.21. The molecule has 0 saturated carbocycles. The lowest BCUT2D eigenvalue weighted by Gasteiger charge is -2.40. The second kappa shape index (κ2) is 6.39. The third-order valence-corrected chi connectivity index (χ3v) is 3.89. The summed E-state index contributed by atoms with van der Waals surface area (Å²) in [6, 6.07) is 4.71. The number of hydrogen-bond donors (Lipinski definition) is 1. The molecule has 2 atom stereocenters. The van der Waals surface area contributed by atoms with E-state index in [1.807, 2.05) is 14.0 Å². The Morgan fingerprint density at radius 3 is 2.89 bits per heavy atom. The van der Waals surface area contributed by atoms with Crippen molar-refractivity contribution in [1.82, 2.24) is 10.2 Å². The van der Waals surface area contributed by atoms with E-state index in [0.29, 0.717) is 12.0 Å². The van der Waals surface area contributed by atoms with Gasteiger partial charge in [-0.05, 0) is 70.9 Å². The Labute approximate surface area is 111 Å². The molecule has 1 aromatic rings. The Bertz CT molecular complexity index is 343. The highest BCUT2D eigenvalue weighted by Crippen LogP contribution is 2.36. The Kier molecular flexibility index (Phi) is 4.84. The van der Waals surface area contributed by atoms with E-state index in [0.717, 1.165) is 18.1 Å². The molecule has 1 aliphatic rings. The number of nitrogens with zero attached hydrogens (tertiary/aromatic N) is 1. The highest BCUT2D eigenvalue weighted by molar-refractivity contribution is 5.12. The number of furan rings is 1. The van der Waals surface area contributed by atoms with Crippen LogP contribution in [-0.4, -0.2) is 31.6 Å². The van der Waals surface area contributed by atoms with Gasteiger partial charge < -0.3 is 9.73 Å². The fraction of sp³-hybridized carbons (Fsp3) is 0.733. The molecule has 0 amide bonds. The Hall–Kier alpha value is -0.800. The van der Waals surface area contributed by atoms with Crippen molar-refractivity contribution in [2.24, 2.45) is 5.92 Å². The van der Waals surface area contributed by atoms with E-state index in [-0.39, 0.29) is 0 Å². The van der Waals surface area contributed by atoms with Gasteiger partial charge in [-0.2, -0.15) is 0 Å². The molecule has 0 aromatic carbocycles. The predicted molar refractivity (Wildman–Crippen MR) is 74.7 cm³/mol. The summed E-state index contributed by atoms with van der Waals surface area (Å²) in [6.45, 7) is 7.74. The molecule has 0 aliphatic carbocycles. The molecule has 0 bridgehead atoms. The minimum absolute atomic E-state index is 0.458. The van der Waals surface area contributed by atoms with Crippen molar-refractivity contribution in [3.8, 4) is 0 Å². The minimum Gasteiger partial charge on any atom is -0.465 e. The summed E-state index contributed by atoms with van der Waals surface area (Å²) in [4.78, 5) is 2.60. The van der Waals surface area contributed by atoms with Gasteiger partial charge in [0.2, 0.25) is 0 Å². The molecule has 1 N–H and O–H groups in total. The van der Waals surface area contributed by atoms with Gasteiger partial charge in [-0.1, -0.05) is 6.92 Å². The molecule has 3 heteroatoms. The zero-order valence-corrected chi connectivity index (χ0v) is 11.9. The van der Waals surface area contributed by atoms with Crippen molar-refractivity contribution in [3.05, 3.63) is 23.7 Å². The lowest BCUT2D eigenvalue weighted by molar-refractivity contribution is 0.0758. The van der Waals surface area contributed by atoms with E-state index in [9.17, 15) is 0 Å². The summed E-state index contributed by atoms with van der Waals surface area (Å²) >= 11 is 0. The van der Waals surface area contributed by atoms with E-state index in [1.165, 1.54) is 32.4 Å². The van der Waals surface area contributed by atoms with Crippen LogP contribution in [-0.2, 0) is 0 Å². The molecule has 1 fully saturated rings. The highest BCUT2D eigenvalue weighted by Gasteiger charge is 2.33. The van der Waals surface area contributed by atoms with Crippen LogP contribution in [0.1, 0.15) is 43.7 Å². The average Bonchev–Trinajstić information content (AvgIpc) is 2.77. The smallest absolute Gasteiger partial charge is 0.121 e. The maximum atomic E-state index is 5.91. The van der Waals surface area contributed by atoms with Gasteiger partial charge >= 0.3 is 0 Å². The molecule has 3 nitrogen and oxygen atoms in total. The summed E-state index contributed by atoms with van der Waals surface area (Å²) in [5, 5.41) is 3.34. The topological polar surface area (TPSA) is 28.4 Å². The second-order valence-electron chi connectivity index (χ2n) is 5.39. The summed E-state index contributed by atoms with van der Waals surface area (Å²) in [6.07, 6.45) is 3.82. The van der Waals surface area contributed by atoms with Crippen LogP contribution in [0.15, 0.2) is 16.5 Å². The van der Waals surface area contributed by atoms with Crippen molar-refractivity contribution >= 4 is 0 Å². The van der Waals surface area contributed by atoms with Gasteiger partial charge in [-0.3, -0.25) is 4.90 Å². The molecule has 1 saturated heterocycles. The fourth-order valence-corrected chi connectivity index (χ4v) is 3.19. The zero-order valence-electron chi connectivity index (χ0n) is 11.9. The van der Waals surface area contributed by atoms with Crippen LogP contribution in [0.5, 0.6) is 0 Å². The van der Waals surface area contributed by atoms with Crippen LogP contribution in [0.4, 0.5) is 0 Å². The Balaban J connectivity index is 2.20. The number of rotatable bonds is 5.